The monoisotopic (exact) mass is 407 g/mol. The maximum atomic E-state index is 14.4. The summed E-state index contributed by atoms with van der Waals surface area (Å²) in [4.78, 5) is 14.6. The molecule has 0 bridgehead atoms. The summed E-state index contributed by atoms with van der Waals surface area (Å²) in [5, 5.41) is 0. The summed E-state index contributed by atoms with van der Waals surface area (Å²) < 4.78 is 27.6. The molecule has 0 fully saturated rings. The van der Waals surface area contributed by atoms with Crippen LogP contribution in [-0.4, -0.2) is 12.5 Å². The Morgan fingerprint density at radius 3 is 2.33 bits per heavy atom. The number of carbonyl (C=O) groups excluding carboxylic acids is 1. The van der Waals surface area contributed by atoms with Gasteiger partial charge in [-0.25, -0.2) is 8.78 Å². The number of hydrogen-bond donors (Lipinski definition) is 0. The van der Waals surface area contributed by atoms with Gasteiger partial charge < -0.3 is 4.90 Å². The Hall–Kier alpha value is -1.52. The second kappa shape index (κ2) is 10.7. The molecule has 2 rings (SSSR count). The van der Waals surface area contributed by atoms with Gasteiger partial charge in [-0.2, -0.15) is 0 Å². The minimum absolute atomic E-state index is 0. The van der Waals surface area contributed by atoms with Crippen LogP contribution >= 0.6 is 0 Å². The third-order valence-electron chi connectivity index (χ3n) is 4.59. The van der Waals surface area contributed by atoms with E-state index >= 15 is 0 Å². The van der Waals surface area contributed by atoms with Gasteiger partial charge in [-0.15, -0.1) is 0 Å². The fourth-order valence-electron chi connectivity index (χ4n) is 3.21. The van der Waals surface area contributed by atoms with Crippen molar-refractivity contribution in [2.24, 2.45) is 5.41 Å². The number of carbonyl (C=O) groups is 1. The zero-order chi connectivity index (χ0) is 19.2. The fourth-order valence-corrected chi connectivity index (χ4v) is 3.21. The van der Waals surface area contributed by atoms with Crippen LogP contribution in [-0.2, 0) is 32.9 Å². The average Bonchev–Trinajstić information content (AvgIpc) is 2.60. The Bertz CT molecular complexity index is 734. The molecule has 0 heterocycles. The molecule has 0 aromatic heterocycles. The Kier molecular flexibility index (Phi) is 9.34. The van der Waals surface area contributed by atoms with Gasteiger partial charge in [0.1, 0.15) is 11.6 Å². The van der Waals surface area contributed by atoms with Gasteiger partial charge in [0.25, 0.3) is 0 Å². The minimum Gasteiger partial charge on any atom is -0.309 e. The molecule has 0 aliphatic rings. The van der Waals surface area contributed by atoms with Crippen LogP contribution in [0.15, 0.2) is 48.5 Å². The van der Waals surface area contributed by atoms with Gasteiger partial charge in [0.15, 0.2) is 0 Å². The third kappa shape index (κ3) is 6.55. The molecule has 144 valence electrons. The molecule has 2 aromatic carbocycles. The summed E-state index contributed by atoms with van der Waals surface area (Å²) in [5.41, 5.74) is 0.725. The molecule has 5 heteroatoms. The van der Waals surface area contributed by atoms with Gasteiger partial charge in [0.2, 0.25) is 5.91 Å². The standard InChI is InChI=1S/C22H27F2NO.Ti/c1-4-14-22(2,3)21(26)25(20-13-12-18(23)16-19(20)24)15-8-11-17-9-6-5-7-10-17;/h5-7,9-10,12-13,16H,4,8,11,14-15H2,1-3H3;. The first-order chi connectivity index (χ1) is 12.3. The fraction of sp³-hybridized carbons (Fsp3) is 0.409. The number of nitrogens with zero attached hydrogens (tertiary/aromatic N) is 1. The second-order valence-corrected chi connectivity index (χ2v) is 7.28. The zero-order valence-electron chi connectivity index (χ0n) is 16.3. The molecule has 0 aliphatic carbocycles. The number of rotatable bonds is 8. The van der Waals surface area contributed by atoms with Crippen molar-refractivity contribution in [1.82, 2.24) is 0 Å². The molecule has 0 unspecified atom stereocenters. The molecule has 0 N–H and O–H groups in total. The summed E-state index contributed by atoms with van der Waals surface area (Å²) >= 11 is 0. The van der Waals surface area contributed by atoms with Crippen LogP contribution in [0.1, 0.15) is 45.6 Å². The smallest absolute Gasteiger partial charge is 0.232 e. The molecule has 2 nitrogen and oxygen atoms in total. The minimum atomic E-state index is -0.703. The van der Waals surface area contributed by atoms with E-state index in [4.69, 9.17) is 0 Å². The molecule has 0 atom stereocenters. The van der Waals surface area contributed by atoms with Crippen molar-refractivity contribution < 1.29 is 35.3 Å². The molecule has 2 aromatic rings. The largest absolute Gasteiger partial charge is 0.309 e. The van der Waals surface area contributed by atoms with Crippen molar-refractivity contribution in [2.45, 2.75) is 46.5 Å². The van der Waals surface area contributed by atoms with Crippen molar-refractivity contribution in [3.63, 3.8) is 0 Å². The molecule has 0 aliphatic heterocycles. The Morgan fingerprint density at radius 2 is 1.74 bits per heavy atom. The summed E-state index contributed by atoms with van der Waals surface area (Å²) in [7, 11) is 0. The SMILES string of the molecule is CCCC(C)(C)C(=O)N(CCCc1ccccc1)c1ccc(F)cc1F.[Ti]. The van der Waals surface area contributed by atoms with Gasteiger partial charge in [-0.1, -0.05) is 57.5 Å². The van der Waals surface area contributed by atoms with Crippen LogP contribution in [0.3, 0.4) is 0 Å². The molecule has 27 heavy (non-hydrogen) atoms. The van der Waals surface area contributed by atoms with Crippen molar-refractivity contribution in [1.29, 1.82) is 0 Å². The van der Waals surface area contributed by atoms with E-state index in [0.29, 0.717) is 19.4 Å². The number of benzene rings is 2. The van der Waals surface area contributed by atoms with E-state index in [-0.39, 0.29) is 33.3 Å². The quantitative estimate of drug-likeness (QED) is 0.510. The summed E-state index contributed by atoms with van der Waals surface area (Å²) in [6.07, 6.45) is 3.07. The van der Waals surface area contributed by atoms with Crippen molar-refractivity contribution in [3.8, 4) is 0 Å². The number of aryl methyl sites for hydroxylation is 1. The van der Waals surface area contributed by atoms with Crippen LogP contribution in [0.4, 0.5) is 14.5 Å². The molecule has 0 saturated heterocycles. The third-order valence-corrected chi connectivity index (χ3v) is 4.59. The predicted molar refractivity (Wildman–Crippen MR) is 102 cm³/mol. The van der Waals surface area contributed by atoms with E-state index in [1.165, 1.54) is 22.6 Å². The van der Waals surface area contributed by atoms with Gasteiger partial charge in [-0.3, -0.25) is 4.79 Å². The van der Waals surface area contributed by atoms with Crippen LogP contribution in [0.25, 0.3) is 0 Å². The van der Waals surface area contributed by atoms with E-state index in [1.54, 1.807) is 0 Å². The van der Waals surface area contributed by atoms with Gasteiger partial charge in [-0.05, 0) is 37.0 Å². The maximum Gasteiger partial charge on any atom is 0.232 e. The topological polar surface area (TPSA) is 20.3 Å². The number of amides is 1. The Labute approximate surface area is 175 Å². The zero-order valence-corrected chi connectivity index (χ0v) is 17.8. The average molecular weight is 407 g/mol. The van der Waals surface area contributed by atoms with Gasteiger partial charge >= 0.3 is 0 Å². The van der Waals surface area contributed by atoms with E-state index in [1.807, 2.05) is 51.1 Å². The van der Waals surface area contributed by atoms with Gasteiger partial charge in [0, 0.05) is 39.7 Å². The maximum absolute atomic E-state index is 14.4. The van der Waals surface area contributed by atoms with Crippen molar-refractivity contribution >= 4 is 11.6 Å². The van der Waals surface area contributed by atoms with Crippen molar-refractivity contribution in [3.05, 3.63) is 65.7 Å². The van der Waals surface area contributed by atoms with E-state index < -0.39 is 17.0 Å². The number of halogens is 2. The van der Waals surface area contributed by atoms with E-state index in [0.717, 1.165) is 18.9 Å². The first-order valence-corrected chi connectivity index (χ1v) is 9.16. The molecular weight excluding hydrogens is 380 g/mol. The van der Waals surface area contributed by atoms with Crippen LogP contribution < -0.4 is 4.90 Å². The van der Waals surface area contributed by atoms with E-state index in [2.05, 4.69) is 0 Å². The molecule has 0 spiro atoms. The summed E-state index contributed by atoms with van der Waals surface area (Å²) in [6.45, 7) is 6.17. The van der Waals surface area contributed by atoms with Gasteiger partial charge in [0.05, 0.1) is 5.69 Å². The summed E-state index contributed by atoms with van der Waals surface area (Å²) in [5.74, 6) is -1.47. The molecular formula is C22H27F2NOTi. The Morgan fingerprint density at radius 1 is 1.07 bits per heavy atom. The van der Waals surface area contributed by atoms with Crippen LogP contribution in [0.2, 0.25) is 0 Å². The molecule has 0 radical (unpaired) electrons. The second-order valence-electron chi connectivity index (χ2n) is 7.28. The number of hydrogen-bond acceptors (Lipinski definition) is 1. The van der Waals surface area contributed by atoms with Crippen molar-refractivity contribution in [2.75, 3.05) is 11.4 Å². The molecule has 0 saturated carbocycles. The Balaban J connectivity index is 0.00000364. The van der Waals surface area contributed by atoms with Crippen LogP contribution in [0.5, 0.6) is 0 Å². The number of anilines is 1. The van der Waals surface area contributed by atoms with Crippen LogP contribution in [0, 0.1) is 17.0 Å². The normalized spacial score (nSPS) is 11.0. The first kappa shape index (κ1) is 23.5. The van der Waals surface area contributed by atoms with E-state index in [9.17, 15) is 13.6 Å². The summed E-state index contributed by atoms with van der Waals surface area (Å²) in [6, 6.07) is 13.4. The first-order valence-electron chi connectivity index (χ1n) is 9.16. The molecule has 1 amide bonds. The predicted octanol–water partition coefficient (Wildman–Crippen LogP) is 5.75.